The maximum atomic E-state index is 14.0. The highest BCUT2D eigenvalue weighted by molar-refractivity contribution is 6.36. The lowest BCUT2D eigenvalue weighted by atomic mass is 9.87. The number of likely N-dealkylation sites (N-methyl/N-ethyl adjacent to an activating group) is 1. The SMILES string of the molecule is COC(=O)N[C@H](C(=O)N1CCC[C@H]1c1nc2c(Cl)c([C@@H]3CC[C@H](c4ccc5[nH]c([C@@H]6CCCN6C(=O)[C@H](C(C)C)N(C)C(=O)O)nc5c4Cl)N3c3ccc(C(C)(C)C)cc3)ccc2[nH]1)C(C)C. The van der Waals surface area contributed by atoms with E-state index in [9.17, 15) is 24.3 Å². The summed E-state index contributed by atoms with van der Waals surface area (Å²) in [4.78, 5) is 76.3. The molecule has 5 aromatic rings. The zero-order chi connectivity index (χ0) is 48.2. The van der Waals surface area contributed by atoms with E-state index in [2.05, 4.69) is 77.4 Å². The van der Waals surface area contributed by atoms with Gasteiger partial charge in [-0.05, 0) is 96.7 Å². The molecule has 3 aliphatic rings. The van der Waals surface area contributed by atoms with Gasteiger partial charge in [-0.1, -0.05) is 95.9 Å². The number of carbonyl (C=O) groups excluding carboxylic acids is 3. The molecule has 3 fully saturated rings. The predicted octanol–water partition coefficient (Wildman–Crippen LogP) is 10.5. The number of hydrogen-bond acceptors (Lipinski definition) is 8. The van der Waals surface area contributed by atoms with Crippen LogP contribution >= 0.6 is 23.2 Å². The summed E-state index contributed by atoms with van der Waals surface area (Å²) in [6.45, 7) is 15.1. The standard InChI is InChI=1S/C50H63Cl2N9O6/c1-26(2)40(57-48(64)67-9)46(62)59-24-10-12-36(59)44-53-32-20-18-30(38(51)41(32)55-44)34-22-23-35(61(34)29-16-14-28(15-17-29)50(5,6)7)31-19-21-33-42(39(31)52)56-45(54-33)37-13-11-25-60(37)47(63)43(27(3)4)58(8)49(65)66/h14-21,26-27,34-37,40,43H,10-13,22-25H2,1-9H3,(H,53,55)(H,54,56)(H,57,64)(H,65,66)/t34-,35+,36-,37-,40-,43-/m0/s1. The molecule has 6 atom stereocenters. The molecule has 3 saturated heterocycles. The Morgan fingerprint density at radius 2 is 1.24 bits per heavy atom. The molecule has 0 radical (unpaired) electrons. The number of aromatic amines is 2. The number of fused-ring (bicyclic) bond motifs is 2. The van der Waals surface area contributed by atoms with Crippen LogP contribution in [0.5, 0.6) is 0 Å². The molecule has 0 saturated carbocycles. The van der Waals surface area contributed by atoms with Crippen molar-refractivity contribution in [1.29, 1.82) is 0 Å². The molecular formula is C50H63Cl2N9O6. The van der Waals surface area contributed by atoms with Crippen molar-refractivity contribution in [2.75, 3.05) is 32.1 Å². The van der Waals surface area contributed by atoms with Gasteiger partial charge in [-0.2, -0.15) is 0 Å². The number of nitrogens with zero attached hydrogens (tertiary/aromatic N) is 6. The van der Waals surface area contributed by atoms with Gasteiger partial charge in [-0.3, -0.25) is 14.5 Å². The third kappa shape index (κ3) is 9.01. The van der Waals surface area contributed by atoms with Crippen LogP contribution in [0, 0.1) is 11.8 Å². The second kappa shape index (κ2) is 18.9. The minimum absolute atomic E-state index is 0.0468. The summed E-state index contributed by atoms with van der Waals surface area (Å²) in [5, 5.41) is 13.6. The minimum Gasteiger partial charge on any atom is -0.465 e. The maximum Gasteiger partial charge on any atom is 0.407 e. The molecule has 5 heterocycles. The van der Waals surface area contributed by atoms with Gasteiger partial charge in [-0.15, -0.1) is 0 Å². The summed E-state index contributed by atoms with van der Waals surface area (Å²) in [6.07, 6.45) is 2.69. The first-order chi connectivity index (χ1) is 31.8. The number of methoxy groups -OCH3 is 1. The fourth-order valence-electron chi connectivity index (χ4n) is 10.6. The van der Waals surface area contributed by atoms with E-state index < -0.39 is 24.3 Å². The van der Waals surface area contributed by atoms with Crippen molar-refractivity contribution in [3.63, 3.8) is 0 Å². The number of carbonyl (C=O) groups is 4. The zero-order valence-electron chi connectivity index (χ0n) is 39.8. The largest absolute Gasteiger partial charge is 0.465 e. The summed E-state index contributed by atoms with van der Waals surface area (Å²) >= 11 is 14.9. The summed E-state index contributed by atoms with van der Waals surface area (Å²) in [7, 11) is 2.73. The molecule has 2 aromatic heterocycles. The van der Waals surface area contributed by atoms with E-state index in [1.165, 1.54) is 19.7 Å². The molecule has 3 aliphatic heterocycles. The number of likely N-dealkylation sites (tertiary alicyclic amines) is 2. The number of benzene rings is 3. The van der Waals surface area contributed by atoms with Gasteiger partial charge < -0.3 is 39.8 Å². The predicted molar refractivity (Wildman–Crippen MR) is 261 cm³/mol. The average molecular weight is 957 g/mol. The van der Waals surface area contributed by atoms with Crippen LogP contribution in [0.3, 0.4) is 0 Å². The van der Waals surface area contributed by atoms with Gasteiger partial charge in [0.05, 0.1) is 52.4 Å². The van der Waals surface area contributed by atoms with Crippen LogP contribution in [0.15, 0.2) is 48.5 Å². The molecule has 0 bridgehead atoms. The van der Waals surface area contributed by atoms with Gasteiger partial charge in [0.2, 0.25) is 11.8 Å². The van der Waals surface area contributed by atoms with Crippen molar-refractivity contribution in [2.24, 2.45) is 11.8 Å². The van der Waals surface area contributed by atoms with E-state index >= 15 is 0 Å². The quantitative estimate of drug-likeness (QED) is 0.100. The molecule has 358 valence electrons. The van der Waals surface area contributed by atoms with E-state index in [0.717, 1.165) is 58.4 Å². The van der Waals surface area contributed by atoms with Crippen LogP contribution in [-0.4, -0.2) is 103 Å². The van der Waals surface area contributed by atoms with Crippen molar-refractivity contribution in [3.8, 4) is 0 Å². The number of H-pyrrole nitrogens is 2. The number of hydrogen-bond donors (Lipinski definition) is 4. The van der Waals surface area contributed by atoms with Crippen LogP contribution in [0.25, 0.3) is 22.1 Å². The Morgan fingerprint density at radius 1 is 0.746 bits per heavy atom. The van der Waals surface area contributed by atoms with E-state index in [1.807, 2.05) is 39.8 Å². The van der Waals surface area contributed by atoms with Gasteiger partial charge >= 0.3 is 12.2 Å². The molecule has 17 heteroatoms. The number of alkyl carbamates (subject to hydrolysis) is 1. The highest BCUT2D eigenvalue weighted by Gasteiger charge is 2.42. The molecule has 0 unspecified atom stereocenters. The number of halogens is 2. The van der Waals surface area contributed by atoms with Gasteiger partial charge in [0.25, 0.3) is 0 Å². The Hall–Kier alpha value is -5.54. The number of imidazole rings is 2. The number of ether oxygens (including phenoxy) is 1. The topological polar surface area (TPSA) is 180 Å². The molecule has 67 heavy (non-hydrogen) atoms. The molecule has 0 spiro atoms. The number of amides is 4. The van der Waals surface area contributed by atoms with Crippen LogP contribution in [0.1, 0.15) is 139 Å². The summed E-state index contributed by atoms with van der Waals surface area (Å²) in [5.74, 6) is 0.481. The van der Waals surface area contributed by atoms with Crippen molar-refractivity contribution in [1.82, 2.24) is 40.0 Å². The molecule has 3 aromatic carbocycles. The van der Waals surface area contributed by atoms with E-state index in [0.29, 0.717) is 58.7 Å². The highest BCUT2D eigenvalue weighted by Crippen LogP contribution is 2.51. The van der Waals surface area contributed by atoms with E-state index in [-0.39, 0.29) is 53.2 Å². The third-order valence-electron chi connectivity index (χ3n) is 14.1. The maximum absolute atomic E-state index is 14.0. The molecule has 0 aliphatic carbocycles. The Balaban J connectivity index is 1.13. The smallest absolute Gasteiger partial charge is 0.407 e. The van der Waals surface area contributed by atoms with Crippen LogP contribution in [-0.2, 0) is 19.7 Å². The van der Waals surface area contributed by atoms with Crippen LogP contribution in [0.4, 0.5) is 15.3 Å². The Labute approximate surface area is 401 Å². The summed E-state index contributed by atoms with van der Waals surface area (Å²) in [5.41, 5.74) is 6.80. The molecule has 15 nitrogen and oxygen atoms in total. The van der Waals surface area contributed by atoms with E-state index in [4.69, 9.17) is 37.9 Å². The van der Waals surface area contributed by atoms with Crippen LogP contribution < -0.4 is 10.2 Å². The van der Waals surface area contributed by atoms with Crippen molar-refractivity contribution < 1.29 is 29.0 Å². The molecule has 4 N–H and O–H groups in total. The monoisotopic (exact) mass is 955 g/mol. The fourth-order valence-corrected chi connectivity index (χ4v) is 11.3. The normalized spacial score (nSPS) is 20.9. The third-order valence-corrected chi connectivity index (χ3v) is 14.9. The van der Waals surface area contributed by atoms with E-state index in [1.54, 1.807) is 9.80 Å². The Kier molecular flexibility index (Phi) is 13.5. The Bertz CT molecular complexity index is 2680. The summed E-state index contributed by atoms with van der Waals surface area (Å²) < 4.78 is 4.83. The van der Waals surface area contributed by atoms with Crippen LogP contribution in [0.2, 0.25) is 10.0 Å². The lowest BCUT2D eigenvalue weighted by Gasteiger charge is -2.34. The Morgan fingerprint density at radius 3 is 1.67 bits per heavy atom. The number of carboxylic acid groups (broad SMARTS) is 1. The molecule has 8 rings (SSSR count). The number of rotatable bonds is 11. The average Bonchev–Trinajstić information content (AvgIpc) is 4.14. The number of aromatic nitrogens is 4. The molecular weight excluding hydrogens is 894 g/mol. The fraction of sp³-hybridized carbons (Fsp3) is 0.520. The number of nitrogens with one attached hydrogen (secondary N) is 3. The highest BCUT2D eigenvalue weighted by atomic mass is 35.5. The van der Waals surface area contributed by atoms with Gasteiger partial charge in [-0.25, -0.2) is 19.6 Å². The zero-order valence-corrected chi connectivity index (χ0v) is 41.3. The first-order valence-corrected chi connectivity index (χ1v) is 24.2. The summed E-state index contributed by atoms with van der Waals surface area (Å²) in [6, 6.07) is 14.3. The van der Waals surface area contributed by atoms with Gasteiger partial charge in [0.15, 0.2) is 0 Å². The molecule has 4 amide bonds. The van der Waals surface area contributed by atoms with Crippen molar-refractivity contribution in [3.05, 3.63) is 86.9 Å². The lowest BCUT2D eigenvalue weighted by molar-refractivity contribution is -0.138. The first kappa shape index (κ1) is 47.9. The van der Waals surface area contributed by atoms with Gasteiger partial charge in [0.1, 0.15) is 34.8 Å². The second-order valence-electron chi connectivity index (χ2n) is 20.1. The number of anilines is 1. The minimum atomic E-state index is -1.15. The van der Waals surface area contributed by atoms with Gasteiger partial charge in [0, 0.05) is 25.8 Å². The van der Waals surface area contributed by atoms with Crippen molar-refractivity contribution >= 4 is 75.0 Å². The van der Waals surface area contributed by atoms with Crippen molar-refractivity contribution in [2.45, 2.75) is 129 Å². The second-order valence-corrected chi connectivity index (χ2v) is 20.9. The first-order valence-electron chi connectivity index (χ1n) is 23.5. The lowest BCUT2D eigenvalue weighted by Crippen LogP contribution is -2.51.